The highest BCUT2D eigenvalue weighted by molar-refractivity contribution is 7.80. The first-order chi connectivity index (χ1) is 9.09. The number of rotatable bonds is 4. The number of carbonyl (C=O) groups is 1. The van der Waals surface area contributed by atoms with Crippen molar-refractivity contribution in [3.63, 3.8) is 0 Å². The van der Waals surface area contributed by atoms with Crippen LogP contribution in [0.15, 0.2) is 42.5 Å². The Balaban J connectivity index is 2.14. The third-order valence-electron chi connectivity index (χ3n) is 3.15. The van der Waals surface area contributed by atoms with Crippen molar-refractivity contribution in [2.75, 3.05) is 0 Å². The Kier molecular flexibility index (Phi) is 4.12. The summed E-state index contributed by atoms with van der Waals surface area (Å²) in [4.78, 5) is 12.0. The van der Waals surface area contributed by atoms with Gasteiger partial charge in [0, 0.05) is 6.54 Å². The number of nitrogens with two attached hydrogens (primary N) is 1. The fraction of sp³-hybridized carbons (Fsp3) is 0.200. The number of fused-ring (bicyclic) bond motifs is 1. The first-order valence-electron chi connectivity index (χ1n) is 6.13. The summed E-state index contributed by atoms with van der Waals surface area (Å²) >= 11 is 4.82. The zero-order valence-corrected chi connectivity index (χ0v) is 11.5. The SMILES string of the molecule is CC(C(=O)NCc1cccc2ccccc12)C(N)=S. The fourth-order valence-electron chi connectivity index (χ4n) is 1.91. The maximum absolute atomic E-state index is 11.8. The van der Waals surface area contributed by atoms with Crippen molar-refractivity contribution < 1.29 is 4.79 Å². The van der Waals surface area contributed by atoms with E-state index in [4.69, 9.17) is 18.0 Å². The number of hydrogen-bond donors (Lipinski definition) is 2. The largest absolute Gasteiger partial charge is 0.393 e. The second-order valence-electron chi connectivity index (χ2n) is 4.48. The molecule has 0 fully saturated rings. The second kappa shape index (κ2) is 5.80. The van der Waals surface area contributed by atoms with Gasteiger partial charge in [0.05, 0.1) is 10.9 Å². The highest BCUT2D eigenvalue weighted by Crippen LogP contribution is 2.18. The van der Waals surface area contributed by atoms with Crippen LogP contribution in [0.1, 0.15) is 12.5 Å². The van der Waals surface area contributed by atoms with Crippen LogP contribution < -0.4 is 11.1 Å². The summed E-state index contributed by atoms with van der Waals surface area (Å²) in [5.74, 6) is -0.578. The molecule has 0 saturated carbocycles. The zero-order chi connectivity index (χ0) is 13.8. The quantitative estimate of drug-likeness (QED) is 0.840. The minimum Gasteiger partial charge on any atom is -0.393 e. The normalized spacial score (nSPS) is 12.1. The van der Waals surface area contributed by atoms with Crippen LogP contribution in [0.4, 0.5) is 0 Å². The Morgan fingerprint density at radius 1 is 1.26 bits per heavy atom. The number of amides is 1. The van der Waals surface area contributed by atoms with Crippen molar-refractivity contribution in [2.45, 2.75) is 13.5 Å². The molecule has 0 aliphatic heterocycles. The monoisotopic (exact) mass is 272 g/mol. The van der Waals surface area contributed by atoms with E-state index < -0.39 is 5.92 Å². The summed E-state index contributed by atoms with van der Waals surface area (Å²) < 4.78 is 0. The van der Waals surface area contributed by atoms with E-state index in [1.165, 1.54) is 0 Å². The van der Waals surface area contributed by atoms with Crippen molar-refractivity contribution in [1.82, 2.24) is 5.32 Å². The summed E-state index contributed by atoms with van der Waals surface area (Å²) in [7, 11) is 0. The molecule has 1 unspecified atom stereocenters. The molecule has 1 atom stereocenters. The third-order valence-corrected chi connectivity index (χ3v) is 3.51. The predicted molar refractivity (Wildman–Crippen MR) is 81.7 cm³/mol. The molecule has 4 heteroatoms. The summed E-state index contributed by atoms with van der Waals surface area (Å²) in [5, 5.41) is 5.18. The van der Waals surface area contributed by atoms with Gasteiger partial charge in [0.1, 0.15) is 0 Å². The van der Waals surface area contributed by atoms with E-state index in [1.807, 2.05) is 30.3 Å². The van der Waals surface area contributed by atoms with Crippen molar-refractivity contribution >= 4 is 33.9 Å². The lowest BCUT2D eigenvalue weighted by atomic mass is 10.0. The summed E-state index contributed by atoms with van der Waals surface area (Å²) in [6, 6.07) is 14.1. The van der Waals surface area contributed by atoms with Crippen LogP contribution in [0.5, 0.6) is 0 Å². The number of hydrogen-bond acceptors (Lipinski definition) is 2. The van der Waals surface area contributed by atoms with Crippen molar-refractivity contribution in [2.24, 2.45) is 11.7 Å². The van der Waals surface area contributed by atoms with Gasteiger partial charge in [-0.2, -0.15) is 0 Å². The van der Waals surface area contributed by atoms with E-state index in [-0.39, 0.29) is 10.9 Å². The Hall–Kier alpha value is -1.94. The molecule has 1 amide bonds. The van der Waals surface area contributed by atoms with Crippen LogP contribution >= 0.6 is 12.2 Å². The highest BCUT2D eigenvalue weighted by Gasteiger charge is 2.15. The number of nitrogens with one attached hydrogen (secondary N) is 1. The molecule has 3 N–H and O–H groups in total. The smallest absolute Gasteiger partial charge is 0.229 e. The predicted octanol–water partition coefficient (Wildman–Crippen LogP) is 2.38. The van der Waals surface area contributed by atoms with Crippen LogP contribution in [-0.4, -0.2) is 10.9 Å². The third kappa shape index (κ3) is 3.09. The lowest BCUT2D eigenvalue weighted by Gasteiger charge is -2.12. The summed E-state index contributed by atoms with van der Waals surface area (Å²) in [5.41, 5.74) is 6.55. The molecule has 19 heavy (non-hydrogen) atoms. The number of thiocarbonyl (C=S) groups is 1. The minimum atomic E-state index is -0.440. The lowest BCUT2D eigenvalue weighted by Crippen LogP contribution is -2.35. The van der Waals surface area contributed by atoms with Crippen molar-refractivity contribution in [3.05, 3.63) is 48.0 Å². The Bertz CT molecular complexity index is 619. The van der Waals surface area contributed by atoms with Gasteiger partial charge in [-0.15, -0.1) is 0 Å². The molecular formula is C15H16N2OS. The maximum atomic E-state index is 11.8. The van der Waals surface area contributed by atoms with Gasteiger partial charge in [0.25, 0.3) is 0 Å². The summed E-state index contributed by atoms with van der Waals surface area (Å²) in [6.07, 6.45) is 0. The van der Waals surface area contributed by atoms with Crippen LogP contribution in [0.2, 0.25) is 0 Å². The molecule has 0 heterocycles. The van der Waals surface area contributed by atoms with E-state index in [2.05, 4.69) is 17.4 Å². The molecule has 2 rings (SSSR count). The first kappa shape index (κ1) is 13.5. The molecule has 2 aromatic rings. The van der Waals surface area contributed by atoms with Crippen LogP contribution in [0.25, 0.3) is 10.8 Å². The molecule has 2 aromatic carbocycles. The van der Waals surface area contributed by atoms with Crippen LogP contribution in [0.3, 0.4) is 0 Å². The van der Waals surface area contributed by atoms with E-state index in [0.29, 0.717) is 6.54 Å². The standard InChI is InChI=1S/C15H16N2OS/c1-10(14(16)19)15(18)17-9-12-7-4-6-11-5-2-3-8-13(11)12/h2-8,10H,9H2,1H3,(H2,16,19)(H,17,18). The van der Waals surface area contributed by atoms with Crippen LogP contribution in [0, 0.1) is 5.92 Å². The number of benzene rings is 2. The minimum absolute atomic E-state index is 0.138. The molecule has 0 aromatic heterocycles. The Morgan fingerprint density at radius 2 is 1.95 bits per heavy atom. The van der Waals surface area contributed by atoms with E-state index in [1.54, 1.807) is 6.92 Å². The van der Waals surface area contributed by atoms with Gasteiger partial charge in [-0.05, 0) is 23.3 Å². The van der Waals surface area contributed by atoms with Crippen LogP contribution in [-0.2, 0) is 11.3 Å². The highest BCUT2D eigenvalue weighted by atomic mass is 32.1. The molecule has 0 aliphatic carbocycles. The first-order valence-corrected chi connectivity index (χ1v) is 6.54. The van der Waals surface area contributed by atoms with Gasteiger partial charge < -0.3 is 11.1 Å². The Morgan fingerprint density at radius 3 is 2.68 bits per heavy atom. The molecule has 0 spiro atoms. The van der Waals surface area contributed by atoms with Crippen molar-refractivity contribution in [1.29, 1.82) is 0 Å². The van der Waals surface area contributed by atoms with E-state index >= 15 is 0 Å². The molecule has 0 aliphatic rings. The lowest BCUT2D eigenvalue weighted by molar-refractivity contribution is -0.122. The Labute approximate surface area is 117 Å². The zero-order valence-electron chi connectivity index (χ0n) is 10.7. The van der Waals surface area contributed by atoms with Gasteiger partial charge in [-0.3, -0.25) is 4.79 Å². The molecule has 0 bridgehead atoms. The average Bonchev–Trinajstić information content (AvgIpc) is 2.43. The molecule has 0 saturated heterocycles. The summed E-state index contributed by atoms with van der Waals surface area (Å²) in [6.45, 7) is 2.19. The second-order valence-corrected chi connectivity index (χ2v) is 4.95. The molecule has 3 nitrogen and oxygen atoms in total. The van der Waals surface area contributed by atoms with Crippen molar-refractivity contribution in [3.8, 4) is 0 Å². The topological polar surface area (TPSA) is 55.1 Å². The van der Waals surface area contributed by atoms with Gasteiger partial charge in [-0.25, -0.2) is 0 Å². The fourth-order valence-corrected chi connectivity index (χ4v) is 2.02. The van der Waals surface area contributed by atoms with Gasteiger partial charge in [-0.1, -0.05) is 54.7 Å². The molecule has 0 radical (unpaired) electrons. The van der Waals surface area contributed by atoms with Gasteiger partial charge >= 0.3 is 0 Å². The van der Waals surface area contributed by atoms with E-state index in [9.17, 15) is 4.79 Å². The molecule has 98 valence electrons. The van der Waals surface area contributed by atoms with E-state index in [0.717, 1.165) is 16.3 Å². The maximum Gasteiger partial charge on any atom is 0.229 e. The van der Waals surface area contributed by atoms with Gasteiger partial charge in [0.2, 0.25) is 5.91 Å². The average molecular weight is 272 g/mol. The molecular weight excluding hydrogens is 256 g/mol. The number of carbonyl (C=O) groups excluding carboxylic acids is 1. The van der Waals surface area contributed by atoms with Gasteiger partial charge in [0.15, 0.2) is 0 Å².